The first-order valence-corrected chi connectivity index (χ1v) is 7.60. The molecule has 118 valence electrons. The van der Waals surface area contributed by atoms with E-state index in [1.165, 1.54) is 0 Å². The van der Waals surface area contributed by atoms with E-state index in [1.807, 2.05) is 44.2 Å². The smallest absolute Gasteiger partial charge is 0.253 e. The molecule has 2 aromatic rings. The van der Waals surface area contributed by atoms with E-state index in [2.05, 4.69) is 23.7 Å². The van der Waals surface area contributed by atoms with Crippen molar-refractivity contribution in [2.24, 2.45) is 0 Å². The Balaban J connectivity index is 2.15. The number of carbonyl (C=O) groups is 1. The van der Waals surface area contributed by atoms with Crippen LogP contribution in [-0.4, -0.2) is 15.6 Å². The Labute approximate surface area is 131 Å². The first kappa shape index (κ1) is 16.3. The van der Waals surface area contributed by atoms with Gasteiger partial charge in [0.1, 0.15) is 0 Å². The maximum absolute atomic E-state index is 12.4. The Morgan fingerprint density at radius 3 is 2.41 bits per heavy atom. The molecule has 2 rings (SSSR count). The van der Waals surface area contributed by atoms with Gasteiger partial charge in [0.05, 0.1) is 12.2 Å². The second-order valence-corrected chi connectivity index (χ2v) is 5.86. The number of amides is 1. The van der Waals surface area contributed by atoms with Crippen LogP contribution >= 0.6 is 0 Å². The monoisotopic (exact) mass is 300 g/mol. The molecule has 0 aliphatic heterocycles. The number of hydrogen-bond acceptors (Lipinski definition) is 2. The molecule has 22 heavy (non-hydrogen) atoms. The highest BCUT2D eigenvalue weighted by atomic mass is 16.3. The van der Waals surface area contributed by atoms with Crippen LogP contribution in [0.3, 0.4) is 0 Å². The number of aryl methyl sites for hydroxylation is 1. The molecule has 0 saturated heterocycles. The van der Waals surface area contributed by atoms with Gasteiger partial charge in [0, 0.05) is 24.0 Å². The molecule has 1 aromatic carbocycles. The van der Waals surface area contributed by atoms with Gasteiger partial charge in [-0.3, -0.25) is 4.79 Å². The third-order valence-electron chi connectivity index (χ3n) is 3.97. The SMILES string of the molecule is Cc1cc(C(=O)NCc2ccccc2CO)c(C)n1C(C)C. The normalized spacial score (nSPS) is 11.0. The number of hydrogen-bond donors (Lipinski definition) is 2. The summed E-state index contributed by atoms with van der Waals surface area (Å²) in [6, 6.07) is 9.84. The zero-order valence-electron chi connectivity index (χ0n) is 13.7. The van der Waals surface area contributed by atoms with Gasteiger partial charge in [-0.2, -0.15) is 0 Å². The van der Waals surface area contributed by atoms with Gasteiger partial charge in [0.15, 0.2) is 0 Å². The molecule has 0 atom stereocenters. The van der Waals surface area contributed by atoms with Crippen molar-refractivity contribution < 1.29 is 9.90 Å². The lowest BCUT2D eigenvalue weighted by Crippen LogP contribution is -2.24. The standard InChI is InChI=1S/C18H24N2O2/c1-12(2)20-13(3)9-17(14(20)4)18(22)19-10-15-7-5-6-8-16(15)11-21/h5-9,12,21H,10-11H2,1-4H3,(H,19,22). The lowest BCUT2D eigenvalue weighted by molar-refractivity contribution is 0.0950. The summed E-state index contributed by atoms with van der Waals surface area (Å²) in [5, 5.41) is 12.3. The first-order valence-electron chi connectivity index (χ1n) is 7.60. The predicted molar refractivity (Wildman–Crippen MR) is 87.8 cm³/mol. The first-order chi connectivity index (χ1) is 10.5. The van der Waals surface area contributed by atoms with Gasteiger partial charge in [-0.25, -0.2) is 0 Å². The molecule has 4 heteroatoms. The minimum absolute atomic E-state index is 0.0199. The van der Waals surface area contributed by atoms with Crippen LogP contribution in [0.4, 0.5) is 0 Å². The number of rotatable bonds is 5. The largest absolute Gasteiger partial charge is 0.392 e. The summed E-state index contributed by atoms with van der Waals surface area (Å²) in [6.07, 6.45) is 0. The van der Waals surface area contributed by atoms with Crippen molar-refractivity contribution in [2.45, 2.75) is 46.9 Å². The second-order valence-electron chi connectivity index (χ2n) is 5.86. The zero-order chi connectivity index (χ0) is 16.3. The molecule has 0 aliphatic rings. The Hall–Kier alpha value is -2.07. The van der Waals surface area contributed by atoms with Crippen LogP contribution in [0.1, 0.15) is 52.8 Å². The molecule has 0 bridgehead atoms. The van der Waals surface area contributed by atoms with E-state index in [1.54, 1.807) is 0 Å². The van der Waals surface area contributed by atoms with E-state index < -0.39 is 0 Å². The van der Waals surface area contributed by atoms with E-state index in [4.69, 9.17) is 0 Å². The van der Waals surface area contributed by atoms with Crippen LogP contribution in [0.15, 0.2) is 30.3 Å². The Bertz CT molecular complexity index is 672. The fourth-order valence-corrected chi connectivity index (χ4v) is 2.96. The van der Waals surface area contributed by atoms with E-state index in [-0.39, 0.29) is 12.5 Å². The Morgan fingerprint density at radius 2 is 1.86 bits per heavy atom. The summed E-state index contributed by atoms with van der Waals surface area (Å²) in [5.41, 5.74) is 4.58. The number of nitrogens with zero attached hydrogens (tertiary/aromatic N) is 1. The van der Waals surface area contributed by atoms with Gasteiger partial charge in [0.2, 0.25) is 0 Å². The average molecular weight is 300 g/mol. The number of aromatic nitrogens is 1. The van der Waals surface area contributed by atoms with Gasteiger partial charge >= 0.3 is 0 Å². The van der Waals surface area contributed by atoms with Crippen LogP contribution in [0.2, 0.25) is 0 Å². The molecule has 0 spiro atoms. The number of aliphatic hydroxyl groups excluding tert-OH is 1. The Morgan fingerprint density at radius 1 is 1.23 bits per heavy atom. The maximum Gasteiger partial charge on any atom is 0.253 e. The van der Waals surface area contributed by atoms with Crippen LogP contribution in [0, 0.1) is 13.8 Å². The third kappa shape index (κ3) is 3.22. The summed E-state index contributed by atoms with van der Waals surface area (Å²) in [7, 11) is 0. The number of nitrogens with one attached hydrogen (secondary N) is 1. The fraction of sp³-hybridized carbons (Fsp3) is 0.389. The fourth-order valence-electron chi connectivity index (χ4n) is 2.96. The van der Waals surface area contributed by atoms with Gasteiger partial charge in [-0.05, 0) is 44.9 Å². The highest BCUT2D eigenvalue weighted by Gasteiger charge is 2.17. The molecule has 0 radical (unpaired) electrons. The highest BCUT2D eigenvalue weighted by Crippen LogP contribution is 2.20. The van der Waals surface area contributed by atoms with E-state index in [0.717, 1.165) is 22.5 Å². The number of carbonyl (C=O) groups excluding carboxylic acids is 1. The molecule has 4 nitrogen and oxygen atoms in total. The van der Waals surface area contributed by atoms with Gasteiger partial charge in [-0.15, -0.1) is 0 Å². The average Bonchev–Trinajstić information content (AvgIpc) is 2.80. The second kappa shape index (κ2) is 6.79. The molecular weight excluding hydrogens is 276 g/mol. The summed E-state index contributed by atoms with van der Waals surface area (Å²) >= 11 is 0. The molecule has 1 amide bonds. The summed E-state index contributed by atoms with van der Waals surface area (Å²) in [5.74, 6) is -0.0762. The van der Waals surface area contributed by atoms with Crippen LogP contribution in [0.5, 0.6) is 0 Å². The van der Waals surface area contributed by atoms with E-state index in [9.17, 15) is 9.90 Å². The van der Waals surface area contributed by atoms with Gasteiger partial charge in [-0.1, -0.05) is 24.3 Å². The molecule has 0 unspecified atom stereocenters. The molecule has 1 heterocycles. The van der Waals surface area contributed by atoms with E-state index in [0.29, 0.717) is 18.2 Å². The third-order valence-corrected chi connectivity index (χ3v) is 3.97. The molecule has 0 fully saturated rings. The van der Waals surface area contributed by atoms with Crippen molar-refractivity contribution in [3.8, 4) is 0 Å². The predicted octanol–water partition coefficient (Wildman–Crippen LogP) is 3.11. The van der Waals surface area contributed by atoms with Crippen molar-refractivity contribution in [1.82, 2.24) is 9.88 Å². The van der Waals surface area contributed by atoms with E-state index >= 15 is 0 Å². The highest BCUT2D eigenvalue weighted by molar-refractivity contribution is 5.95. The quantitative estimate of drug-likeness (QED) is 0.891. The van der Waals surface area contributed by atoms with Crippen LogP contribution in [-0.2, 0) is 13.2 Å². The maximum atomic E-state index is 12.4. The molecule has 1 aromatic heterocycles. The molecule has 2 N–H and O–H groups in total. The van der Waals surface area contributed by atoms with Crippen molar-refractivity contribution in [1.29, 1.82) is 0 Å². The van der Waals surface area contributed by atoms with Crippen molar-refractivity contribution in [3.05, 3.63) is 58.4 Å². The molecule has 0 aliphatic carbocycles. The van der Waals surface area contributed by atoms with Crippen LogP contribution < -0.4 is 5.32 Å². The summed E-state index contributed by atoms with van der Waals surface area (Å²) < 4.78 is 2.16. The van der Waals surface area contributed by atoms with Gasteiger partial charge < -0.3 is 15.0 Å². The lowest BCUT2D eigenvalue weighted by atomic mass is 10.1. The lowest BCUT2D eigenvalue weighted by Gasteiger charge is -2.14. The number of benzene rings is 1. The van der Waals surface area contributed by atoms with Crippen LogP contribution in [0.25, 0.3) is 0 Å². The van der Waals surface area contributed by atoms with Crippen molar-refractivity contribution in [3.63, 3.8) is 0 Å². The summed E-state index contributed by atoms with van der Waals surface area (Å²) in [6.45, 7) is 8.61. The Kier molecular flexibility index (Phi) is 5.03. The summed E-state index contributed by atoms with van der Waals surface area (Å²) in [4.78, 5) is 12.4. The molecular formula is C18H24N2O2. The number of aliphatic hydroxyl groups is 1. The van der Waals surface area contributed by atoms with Crippen molar-refractivity contribution >= 4 is 5.91 Å². The zero-order valence-corrected chi connectivity index (χ0v) is 13.7. The minimum atomic E-state index is -0.0762. The topological polar surface area (TPSA) is 54.3 Å². The van der Waals surface area contributed by atoms with Crippen molar-refractivity contribution in [2.75, 3.05) is 0 Å². The molecule has 0 saturated carbocycles. The minimum Gasteiger partial charge on any atom is -0.392 e. The van der Waals surface area contributed by atoms with Gasteiger partial charge in [0.25, 0.3) is 5.91 Å².